The van der Waals surface area contributed by atoms with Gasteiger partial charge in [-0.15, -0.1) is 12.4 Å². The normalized spacial score (nSPS) is 21.3. The zero-order valence-electron chi connectivity index (χ0n) is 15.8. The van der Waals surface area contributed by atoms with E-state index in [1.165, 1.54) is 12.5 Å². The summed E-state index contributed by atoms with van der Waals surface area (Å²) >= 11 is 0. The van der Waals surface area contributed by atoms with Gasteiger partial charge in [-0.2, -0.15) is 0 Å². The summed E-state index contributed by atoms with van der Waals surface area (Å²) in [6, 6.07) is 0. The summed E-state index contributed by atoms with van der Waals surface area (Å²) in [6.07, 6.45) is 5.43. The third kappa shape index (κ3) is 5.30. The number of carbonyl (C=O) groups is 1. The smallest absolute Gasteiger partial charge is 0.225 e. The number of sulfone groups is 1. The second-order valence-corrected chi connectivity index (χ2v) is 9.07. The van der Waals surface area contributed by atoms with Crippen molar-refractivity contribution in [3.63, 3.8) is 0 Å². The van der Waals surface area contributed by atoms with Gasteiger partial charge in [-0.25, -0.2) is 18.4 Å². The summed E-state index contributed by atoms with van der Waals surface area (Å²) < 4.78 is 24.4. The van der Waals surface area contributed by atoms with Gasteiger partial charge in [0.15, 0.2) is 9.84 Å². The molecule has 2 saturated heterocycles. The molecule has 2 aliphatic heterocycles. The van der Waals surface area contributed by atoms with Crippen molar-refractivity contribution in [2.45, 2.75) is 37.0 Å². The van der Waals surface area contributed by atoms with Crippen molar-refractivity contribution in [1.82, 2.24) is 20.2 Å². The van der Waals surface area contributed by atoms with Gasteiger partial charge in [0.1, 0.15) is 4.90 Å². The summed E-state index contributed by atoms with van der Waals surface area (Å²) in [4.78, 5) is 24.8. The van der Waals surface area contributed by atoms with Crippen LogP contribution in [0.2, 0.25) is 0 Å². The molecule has 2 aliphatic rings. The van der Waals surface area contributed by atoms with Gasteiger partial charge in [0.05, 0.1) is 11.9 Å². The number of piperidine rings is 1. The minimum atomic E-state index is -3.38. The van der Waals surface area contributed by atoms with Crippen molar-refractivity contribution in [3.8, 4) is 0 Å². The van der Waals surface area contributed by atoms with E-state index in [0.29, 0.717) is 24.7 Å². The van der Waals surface area contributed by atoms with Gasteiger partial charge in [-0.05, 0) is 25.8 Å². The van der Waals surface area contributed by atoms with Crippen LogP contribution in [0.15, 0.2) is 11.1 Å². The van der Waals surface area contributed by atoms with Crippen molar-refractivity contribution >= 4 is 34.1 Å². The highest BCUT2D eigenvalue weighted by atomic mass is 35.5. The van der Waals surface area contributed by atoms with E-state index in [9.17, 15) is 13.2 Å². The Kier molecular flexibility index (Phi) is 7.41. The molecule has 3 rings (SSSR count). The Balaban J connectivity index is 0.00000261. The van der Waals surface area contributed by atoms with Crippen LogP contribution < -0.4 is 10.2 Å². The van der Waals surface area contributed by atoms with E-state index in [2.05, 4.69) is 15.2 Å². The first-order valence-electron chi connectivity index (χ1n) is 9.14. The van der Waals surface area contributed by atoms with E-state index in [1.54, 1.807) is 6.92 Å². The van der Waals surface area contributed by atoms with Crippen LogP contribution in [0.5, 0.6) is 0 Å². The Hall–Kier alpha value is -1.45. The van der Waals surface area contributed by atoms with E-state index in [4.69, 9.17) is 4.98 Å². The van der Waals surface area contributed by atoms with Gasteiger partial charge in [0, 0.05) is 51.8 Å². The van der Waals surface area contributed by atoms with E-state index in [-0.39, 0.29) is 29.1 Å². The van der Waals surface area contributed by atoms with Crippen LogP contribution in [0.25, 0.3) is 0 Å². The van der Waals surface area contributed by atoms with Crippen LogP contribution in [-0.4, -0.2) is 74.7 Å². The molecule has 27 heavy (non-hydrogen) atoms. The summed E-state index contributed by atoms with van der Waals surface area (Å²) in [6.45, 7) is 6.04. The fraction of sp³-hybridized carbons (Fsp3) is 0.706. The van der Waals surface area contributed by atoms with E-state index in [1.807, 2.05) is 4.90 Å². The molecule has 1 N–H and O–H groups in total. The molecule has 8 nitrogen and oxygen atoms in total. The predicted octanol–water partition coefficient (Wildman–Crippen LogP) is 0.828. The van der Waals surface area contributed by atoms with Crippen molar-refractivity contribution in [2.75, 3.05) is 50.4 Å². The zero-order valence-corrected chi connectivity index (χ0v) is 17.5. The Morgan fingerprint density at radius 1 is 1.22 bits per heavy atom. The lowest BCUT2D eigenvalue weighted by Crippen LogP contribution is -2.34. The van der Waals surface area contributed by atoms with Gasteiger partial charge in [0.25, 0.3) is 0 Å². The fourth-order valence-electron chi connectivity index (χ4n) is 3.62. The third-order valence-corrected chi connectivity index (χ3v) is 6.19. The van der Waals surface area contributed by atoms with Crippen LogP contribution in [0.1, 0.15) is 37.8 Å². The largest absolute Gasteiger partial charge is 0.341 e. The average molecular weight is 418 g/mol. The number of hydrogen-bond acceptors (Lipinski definition) is 7. The molecular formula is C17H28ClN5O3S. The molecule has 1 aromatic heterocycles. The first-order chi connectivity index (χ1) is 12.4. The summed E-state index contributed by atoms with van der Waals surface area (Å²) in [7, 11) is -3.38. The lowest BCUT2D eigenvalue weighted by atomic mass is 9.96. The summed E-state index contributed by atoms with van der Waals surface area (Å²) in [5.41, 5.74) is 0.623. The molecule has 152 valence electrons. The number of amides is 1. The van der Waals surface area contributed by atoms with Crippen LogP contribution in [-0.2, 0) is 14.6 Å². The predicted molar refractivity (Wildman–Crippen MR) is 106 cm³/mol. The van der Waals surface area contributed by atoms with Crippen LogP contribution >= 0.6 is 12.4 Å². The Morgan fingerprint density at radius 2 is 2.00 bits per heavy atom. The highest BCUT2D eigenvalue weighted by molar-refractivity contribution is 7.90. The Labute approximate surface area is 167 Å². The van der Waals surface area contributed by atoms with Crippen molar-refractivity contribution in [2.24, 2.45) is 0 Å². The number of rotatable bonds is 3. The molecule has 3 heterocycles. The van der Waals surface area contributed by atoms with Crippen molar-refractivity contribution < 1.29 is 13.2 Å². The minimum absolute atomic E-state index is 0. The molecule has 0 saturated carbocycles. The van der Waals surface area contributed by atoms with Crippen LogP contribution in [0, 0.1) is 0 Å². The van der Waals surface area contributed by atoms with Gasteiger partial charge in [-0.1, -0.05) is 0 Å². The van der Waals surface area contributed by atoms with Gasteiger partial charge >= 0.3 is 0 Å². The van der Waals surface area contributed by atoms with Crippen LogP contribution in [0.3, 0.4) is 0 Å². The number of nitrogens with one attached hydrogen (secondary N) is 1. The molecule has 0 aliphatic carbocycles. The van der Waals surface area contributed by atoms with E-state index < -0.39 is 9.84 Å². The zero-order chi connectivity index (χ0) is 18.7. The standard InChI is InChI=1S/C17H27N5O3S.ClH/c1-13(23)21-7-4-8-22(10-9-21)17-19-12-15(26(2,24)25)16(20-17)14-5-3-6-18-11-14;/h12,14,18H,3-11H2,1-2H3;1H. The first-order valence-corrected chi connectivity index (χ1v) is 11.0. The second-order valence-electron chi connectivity index (χ2n) is 7.08. The highest BCUT2D eigenvalue weighted by Gasteiger charge is 2.27. The van der Waals surface area contributed by atoms with E-state index in [0.717, 1.165) is 45.4 Å². The molecule has 10 heteroatoms. The summed E-state index contributed by atoms with van der Waals surface area (Å²) in [5.74, 6) is 0.716. The lowest BCUT2D eigenvalue weighted by molar-refractivity contribution is -0.128. The number of carbonyl (C=O) groups excluding carboxylic acids is 1. The second kappa shape index (κ2) is 9.16. The molecule has 0 radical (unpaired) electrons. The summed E-state index contributed by atoms with van der Waals surface area (Å²) in [5, 5.41) is 3.33. The topological polar surface area (TPSA) is 95.5 Å². The number of halogens is 1. The van der Waals surface area contributed by atoms with Crippen LogP contribution in [0.4, 0.5) is 5.95 Å². The molecule has 0 bridgehead atoms. The van der Waals surface area contributed by atoms with Gasteiger partial charge < -0.3 is 15.1 Å². The first kappa shape index (κ1) is 21.8. The monoisotopic (exact) mass is 417 g/mol. The maximum Gasteiger partial charge on any atom is 0.225 e. The molecule has 1 aromatic rings. The quantitative estimate of drug-likeness (QED) is 0.778. The Bertz CT molecular complexity index is 768. The molecule has 0 spiro atoms. The maximum atomic E-state index is 12.2. The van der Waals surface area contributed by atoms with E-state index >= 15 is 0 Å². The van der Waals surface area contributed by atoms with Crippen molar-refractivity contribution in [1.29, 1.82) is 0 Å². The highest BCUT2D eigenvalue weighted by Crippen LogP contribution is 2.28. The number of hydrogen-bond donors (Lipinski definition) is 1. The van der Waals surface area contributed by atoms with Gasteiger partial charge in [-0.3, -0.25) is 4.79 Å². The average Bonchev–Trinajstić information content (AvgIpc) is 2.87. The van der Waals surface area contributed by atoms with Gasteiger partial charge in [0.2, 0.25) is 11.9 Å². The molecule has 1 unspecified atom stereocenters. The number of aromatic nitrogens is 2. The molecular weight excluding hydrogens is 390 g/mol. The number of nitrogens with zero attached hydrogens (tertiary/aromatic N) is 4. The Morgan fingerprint density at radius 3 is 2.63 bits per heavy atom. The third-order valence-electron chi connectivity index (χ3n) is 5.08. The fourth-order valence-corrected chi connectivity index (χ4v) is 4.46. The SMILES string of the molecule is CC(=O)N1CCCN(c2ncc(S(C)(=O)=O)c(C3CCCNC3)n2)CC1.Cl. The molecule has 2 fully saturated rings. The molecule has 1 atom stereocenters. The molecule has 1 amide bonds. The van der Waals surface area contributed by atoms with Crippen molar-refractivity contribution in [3.05, 3.63) is 11.9 Å². The number of anilines is 1. The minimum Gasteiger partial charge on any atom is -0.341 e. The maximum absolute atomic E-state index is 12.2. The molecule has 0 aromatic carbocycles. The lowest BCUT2D eigenvalue weighted by Gasteiger charge is -2.26.